The highest BCUT2D eigenvalue weighted by Crippen LogP contribution is 2.21. The van der Waals surface area contributed by atoms with Gasteiger partial charge in [-0.05, 0) is 25.0 Å². The van der Waals surface area contributed by atoms with Gasteiger partial charge in [-0.2, -0.15) is 0 Å². The first-order valence-corrected chi connectivity index (χ1v) is 7.00. The molecular weight excluding hydrogens is 278 g/mol. The molecule has 0 unspecified atom stereocenters. The molecule has 0 aliphatic carbocycles. The topological polar surface area (TPSA) is 55.6 Å². The van der Waals surface area contributed by atoms with E-state index in [4.69, 9.17) is 10.5 Å². The first-order chi connectivity index (χ1) is 9.96. The van der Waals surface area contributed by atoms with Gasteiger partial charge in [0, 0.05) is 19.7 Å². The lowest BCUT2D eigenvalue weighted by Gasteiger charge is -2.30. The maximum Gasteiger partial charge on any atom is 0.257 e. The summed E-state index contributed by atoms with van der Waals surface area (Å²) in [5.41, 5.74) is 4.69. The molecule has 0 radical (unpaired) electrons. The Morgan fingerprint density at radius 1 is 1.33 bits per heavy atom. The smallest absolute Gasteiger partial charge is 0.257 e. The quantitative estimate of drug-likeness (QED) is 0.788. The number of rotatable bonds is 7. The zero-order valence-electron chi connectivity index (χ0n) is 12.7. The molecule has 6 heteroatoms. The van der Waals surface area contributed by atoms with Gasteiger partial charge in [0.2, 0.25) is 0 Å². The van der Waals surface area contributed by atoms with Gasteiger partial charge in [0.05, 0.1) is 17.9 Å². The molecule has 0 aromatic heterocycles. The van der Waals surface area contributed by atoms with Crippen molar-refractivity contribution in [2.75, 3.05) is 26.0 Å². The molecule has 118 valence electrons. The number of nitrogens with two attached hydrogens (primary N) is 1. The molecule has 0 fully saturated rings. The lowest BCUT2D eigenvalue weighted by molar-refractivity contribution is 0.0584. The number of benzene rings is 1. The van der Waals surface area contributed by atoms with Gasteiger partial charge in [0.1, 0.15) is 5.82 Å². The fourth-order valence-corrected chi connectivity index (χ4v) is 2.29. The largest absolute Gasteiger partial charge is 0.396 e. The van der Waals surface area contributed by atoms with Crippen LogP contribution < -0.4 is 5.73 Å². The summed E-state index contributed by atoms with van der Waals surface area (Å²) in [4.78, 5) is 14.1. The Morgan fingerprint density at radius 2 is 1.95 bits per heavy atom. The molecule has 1 rings (SSSR count). The first kappa shape index (κ1) is 17.4. The highest BCUT2D eigenvalue weighted by molar-refractivity contribution is 5.95. The Labute approximate surface area is 123 Å². The van der Waals surface area contributed by atoms with E-state index in [9.17, 15) is 13.6 Å². The van der Waals surface area contributed by atoms with Crippen LogP contribution in [0.25, 0.3) is 0 Å². The Kier molecular flexibility index (Phi) is 6.55. The third-order valence-corrected chi connectivity index (χ3v) is 3.48. The predicted octanol–water partition coefficient (Wildman–Crippen LogP) is 2.82. The Balaban J connectivity index is 3.15. The molecule has 2 N–H and O–H groups in total. The van der Waals surface area contributed by atoms with E-state index in [1.54, 1.807) is 0 Å². The number of carbonyl (C=O) groups is 1. The average molecular weight is 300 g/mol. The van der Waals surface area contributed by atoms with E-state index >= 15 is 0 Å². The lowest BCUT2D eigenvalue weighted by atomic mass is 10.1. The summed E-state index contributed by atoms with van der Waals surface area (Å²) < 4.78 is 32.4. The van der Waals surface area contributed by atoms with Gasteiger partial charge in [0.15, 0.2) is 5.82 Å². The molecule has 1 aromatic carbocycles. The Morgan fingerprint density at radius 3 is 2.48 bits per heavy atom. The van der Waals surface area contributed by atoms with Crippen LogP contribution >= 0.6 is 0 Å². The number of nitrogen functional groups attached to an aromatic ring is 1. The van der Waals surface area contributed by atoms with Crippen LogP contribution in [0.3, 0.4) is 0 Å². The van der Waals surface area contributed by atoms with Crippen molar-refractivity contribution >= 4 is 11.6 Å². The van der Waals surface area contributed by atoms with E-state index in [2.05, 4.69) is 0 Å². The minimum atomic E-state index is -0.880. The van der Waals surface area contributed by atoms with Crippen LogP contribution in [0.5, 0.6) is 0 Å². The van der Waals surface area contributed by atoms with Crippen LogP contribution in [0, 0.1) is 11.6 Å². The molecule has 1 amide bonds. The van der Waals surface area contributed by atoms with E-state index in [1.807, 2.05) is 13.8 Å². The minimum absolute atomic E-state index is 0.0588. The van der Waals surface area contributed by atoms with Gasteiger partial charge in [-0.3, -0.25) is 4.79 Å². The van der Waals surface area contributed by atoms with Crippen molar-refractivity contribution in [2.24, 2.45) is 0 Å². The summed E-state index contributed by atoms with van der Waals surface area (Å²) in [7, 11) is 1.52. The van der Waals surface area contributed by atoms with Crippen LogP contribution in [-0.2, 0) is 4.74 Å². The normalized spacial score (nSPS) is 11.0. The summed E-state index contributed by atoms with van der Waals surface area (Å²) >= 11 is 0. The molecule has 0 spiro atoms. The second kappa shape index (κ2) is 7.93. The molecule has 0 bridgehead atoms. The van der Waals surface area contributed by atoms with Crippen molar-refractivity contribution in [3.05, 3.63) is 29.3 Å². The molecule has 0 saturated carbocycles. The Hall–Kier alpha value is -1.69. The molecule has 0 atom stereocenters. The number of halogens is 2. The molecule has 0 saturated heterocycles. The number of methoxy groups -OCH3 is 1. The number of ether oxygens (including phenoxy) is 1. The van der Waals surface area contributed by atoms with Crippen LogP contribution in [0.4, 0.5) is 14.5 Å². The molecule has 0 aliphatic heterocycles. The van der Waals surface area contributed by atoms with Crippen LogP contribution in [-0.4, -0.2) is 37.1 Å². The van der Waals surface area contributed by atoms with Crippen molar-refractivity contribution in [1.82, 2.24) is 4.90 Å². The van der Waals surface area contributed by atoms with Gasteiger partial charge in [-0.15, -0.1) is 0 Å². The van der Waals surface area contributed by atoms with E-state index < -0.39 is 17.5 Å². The third-order valence-electron chi connectivity index (χ3n) is 3.48. The van der Waals surface area contributed by atoms with Crippen molar-refractivity contribution in [3.8, 4) is 0 Å². The highest BCUT2D eigenvalue weighted by atomic mass is 19.1. The summed E-state index contributed by atoms with van der Waals surface area (Å²) in [6.07, 6.45) is 1.44. The number of carbonyl (C=O) groups excluding carboxylic acids is 1. The van der Waals surface area contributed by atoms with Crippen molar-refractivity contribution < 1.29 is 18.3 Å². The second-order valence-electron chi connectivity index (χ2n) is 4.82. The van der Waals surface area contributed by atoms with Crippen molar-refractivity contribution in [1.29, 1.82) is 0 Å². The average Bonchev–Trinajstić information content (AvgIpc) is 2.46. The second-order valence-corrected chi connectivity index (χ2v) is 4.82. The minimum Gasteiger partial charge on any atom is -0.396 e. The van der Waals surface area contributed by atoms with Crippen LogP contribution in [0.1, 0.15) is 37.0 Å². The summed E-state index contributed by atoms with van der Waals surface area (Å²) in [6.45, 7) is 4.53. The van der Waals surface area contributed by atoms with Crippen molar-refractivity contribution in [2.45, 2.75) is 32.7 Å². The fraction of sp³-hybridized carbons (Fsp3) is 0.533. The number of hydrogen-bond acceptors (Lipinski definition) is 3. The summed E-state index contributed by atoms with van der Waals surface area (Å²) in [5.74, 6) is -2.17. The fourth-order valence-electron chi connectivity index (χ4n) is 2.29. The Bertz CT molecular complexity index is 491. The van der Waals surface area contributed by atoms with E-state index in [0.717, 1.165) is 25.0 Å². The molecule has 1 aromatic rings. The lowest BCUT2D eigenvalue weighted by Crippen LogP contribution is -2.42. The maximum absolute atomic E-state index is 14.0. The third kappa shape index (κ3) is 4.14. The van der Waals surface area contributed by atoms with Gasteiger partial charge < -0.3 is 15.4 Å². The van der Waals surface area contributed by atoms with Gasteiger partial charge >= 0.3 is 0 Å². The van der Waals surface area contributed by atoms with E-state index in [-0.39, 0.29) is 17.3 Å². The number of anilines is 1. The first-order valence-electron chi connectivity index (χ1n) is 7.00. The molecule has 21 heavy (non-hydrogen) atoms. The van der Waals surface area contributed by atoms with E-state index in [0.29, 0.717) is 13.2 Å². The number of amides is 1. The highest BCUT2D eigenvalue weighted by Gasteiger charge is 2.26. The summed E-state index contributed by atoms with van der Waals surface area (Å²) in [5, 5.41) is 0. The standard InChI is InChI=1S/C15H22F2N2O2/c1-4-11(5-2)19(6-7-21-3)15(20)12-8-10(16)9-13(18)14(12)17/h8-9,11H,4-7,18H2,1-3H3. The van der Waals surface area contributed by atoms with Crippen molar-refractivity contribution in [3.63, 3.8) is 0 Å². The van der Waals surface area contributed by atoms with Gasteiger partial charge in [0.25, 0.3) is 5.91 Å². The molecular formula is C15H22F2N2O2. The molecule has 0 aliphatic rings. The number of nitrogens with zero attached hydrogens (tertiary/aromatic N) is 1. The maximum atomic E-state index is 14.0. The molecule has 0 heterocycles. The molecule has 4 nitrogen and oxygen atoms in total. The number of hydrogen-bond donors (Lipinski definition) is 1. The predicted molar refractivity (Wildman–Crippen MR) is 78.1 cm³/mol. The summed E-state index contributed by atoms with van der Waals surface area (Å²) in [6, 6.07) is 1.69. The van der Waals surface area contributed by atoms with Gasteiger partial charge in [-0.25, -0.2) is 8.78 Å². The monoisotopic (exact) mass is 300 g/mol. The van der Waals surface area contributed by atoms with E-state index in [1.165, 1.54) is 12.0 Å². The van der Waals surface area contributed by atoms with Gasteiger partial charge in [-0.1, -0.05) is 13.8 Å². The van der Waals surface area contributed by atoms with Crippen LogP contribution in [0.2, 0.25) is 0 Å². The zero-order chi connectivity index (χ0) is 16.0. The van der Waals surface area contributed by atoms with Crippen LogP contribution in [0.15, 0.2) is 12.1 Å². The SMILES string of the molecule is CCC(CC)N(CCOC)C(=O)c1cc(F)cc(N)c1F. The zero-order valence-corrected chi connectivity index (χ0v) is 12.7.